The third kappa shape index (κ3) is 4.47. The van der Waals surface area contributed by atoms with Gasteiger partial charge in [0.1, 0.15) is 11.3 Å². The number of amides is 2. The normalized spacial score (nSPS) is 10.6. The minimum atomic E-state index is -0.432. The molecule has 0 aliphatic carbocycles. The van der Waals surface area contributed by atoms with Crippen LogP contribution >= 0.6 is 0 Å². The Labute approximate surface area is 157 Å². The van der Waals surface area contributed by atoms with E-state index < -0.39 is 5.91 Å². The number of hydrogen-bond donors (Lipinski definition) is 2. The fourth-order valence-electron chi connectivity index (χ4n) is 2.88. The Morgan fingerprint density at radius 2 is 1.70 bits per heavy atom. The smallest absolute Gasteiger partial charge is 0.276 e. The Morgan fingerprint density at radius 3 is 2.44 bits per heavy atom. The molecule has 6 nitrogen and oxygen atoms in total. The number of hydrazine groups is 1. The standard InChI is InChI=1S/C21H22N2O4/c1-13-7-8-17-16(11-26-18(17)9-13)10-19(24)22-23-20(25)12-27-21-14(2)5-4-6-15(21)3/h4-9,11H,10,12H2,1-3H3,(H,22,24)(H,23,25). The Balaban J connectivity index is 1.50. The number of nitrogens with one attached hydrogen (secondary N) is 2. The Morgan fingerprint density at radius 1 is 1.00 bits per heavy atom. The number of fused-ring (bicyclic) bond motifs is 1. The van der Waals surface area contributed by atoms with E-state index in [0.29, 0.717) is 5.75 Å². The van der Waals surface area contributed by atoms with Crippen molar-refractivity contribution in [2.45, 2.75) is 27.2 Å². The highest BCUT2D eigenvalue weighted by atomic mass is 16.5. The molecule has 0 aliphatic heterocycles. The SMILES string of the molecule is Cc1ccc2c(CC(=O)NNC(=O)COc3c(C)cccc3C)coc2c1. The van der Waals surface area contributed by atoms with Crippen LogP contribution in [0.5, 0.6) is 5.75 Å². The van der Waals surface area contributed by atoms with Crippen molar-refractivity contribution in [1.29, 1.82) is 0 Å². The zero-order chi connectivity index (χ0) is 19.4. The van der Waals surface area contributed by atoms with Gasteiger partial charge in [0, 0.05) is 10.9 Å². The summed E-state index contributed by atoms with van der Waals surface area (Å²) in [7, 11) is 0. The van der Waals surface area contributed by atoms with E-state index in [0.717, 1.165) is 33.2 Å². The second-order valence-electron chi connectivity index (χ2n) is 6.54. The van der Waals surface area contributed by atoms with Gasteiger partial charge < -0.3 is 9.15 Å². The first-order valence-corrected chi connectivity index (χ1v) is 8.67. The number of furan rings is 1. The monoisotopic (exact) mass is 366 g/mol. The summed E-state index contributed by atoms with van der Waals surface area (Å²) in [4.78, 5) is 24.0. The molecule has 2 amide bonds. The molecule has 2 N–H and O–H groups in total. The van der Waals surface area contributed by atoms with Crippen molar-refractivity contribution in [2.75, 3.05) is 6.61 Å². The molecular formula is C21H22N2O4. The number of para-hydroxylation sites is 1. The lowest BCUT2D eigenvalue weighted by atomic mass is 10.1. The molecule has 0 fully saturated rings. The van der Waals surface area contributed by atoms with Crippen LogP contribution in [0, 0.1) is 20.8 Å². The van der Waals surface area contributed by atoms with E-state index in [1.807, 2.05) is 57.2 Å². The number of benzene rings is 2. The van der Waals surface area contributed by atoms with Crippen molar-refractivity contribution in [3.8, 4) is 5.75 Å². The molecule has 0 saturated heterocycles. The molecule has 0 aliphatic rings. The summed E-state index contributed by atoms with van der Waals surface area (Å²) < 4.78 is 11.0. The molecule has 140 valence electrons. The van der Waals surface area contributed by atoms with Crippen LogP contribution in [0.1, 0.15) is 22.3 Å². The Kier molecular flexibility index (Phi) is 5.45. The van der Waals surface area contributed by atoms with E-state index in [2.05, 4.69) is 10.9 Å². The molecular weight excluding hydrogens is 344 g/mol. The highest BCUT2D eigenvalue weighted by molar-refractivity contribution is 5.89. The van der Waals surface area contributed by atoms with Gasteiger partial charge in [0.25, 0.3) is 5.91 Å². The predicted molar refractivity (Wildman–Crippen MR) is 102 cm³/mol. The zero-order valence-electron chi connectivity index (χ0n) is 15.6. The number of rotatable bonds is 5. The summed E-state index contributed by atoms with van der Waals surface area (Å²) in [6, 6.07) is 11.6. The third-order valence-electron chi connectivity index (χ3n) is 4.26. The second-order valence-corrected chi connectivity index (χ2v) is 6.54. The van der Waals surface area contributed by atoms with Crippen molar-refractivity contribution in [1.82, 2.24) is 10.9 Å². The summed E-state index contributed by atoms with van der Waals surface area (Å²) in [5.41, 5.74) is 9.27. The van der Waals surface area contributed by atoms with Gasteiger partial charge in [0.15, 0.2) is 6.61 Å². The van der Waals surface area contributed by atoms with Crippen molar-refractivity contribution in [2.24, 2.45) is 0 Å². The quantitative estimate of drug-likeness (QED) is 0.680. The number of carbonyl (C=O) groups is 2. The number of hydrogen-bond acceptors (Lipinski definition) is 4. The molecule has 0 radical (unpaired) electrons. The van der Waals surface area contributed by atoms with Crippen molar-refractivity contribution >= 4 is 22.8 Å². The lowest BCUT2D eigenvalue weighted by molar-refractivity contribution is -0.129. The average Bonchev–Trinajstić information content (AvgIpc) is 3.01. The lowest BCUT2D eigenvalue weighted by Gasteiger charge is -2.12. The van der Waals surface area contributed by atoms with Crippen LogP contribution in [0.4, 0.5) is 0 Å². The molecule has 0 saturated carbocycles. The number of ether oxygens (including phenoxy) is 1. The molecule has 0 atom stereocenters. The number of aryl methyl sites for hydroxylation is 3. The lowest BCUT2D eigenvalue weighted by Crippen LogP contribution is -2.44. The first-order valence-electron chi connectivity index (χ1n) is 8.67. The van der Waals surface area contributed by atoms with Crippen LogP contribution < -0.4 is 15.6 Å². The Bertz CT molecular complexity index is 971. The van der Waals surface area contributed by atoms with Crippen molar-refractivity contribution in [3.05, 3.63) is 64.9 Å². The highest BCUT2D eigenvalue weighted by Crippen LogP contribution is 2.23. The van der Waals surface area contributed by atoms with Gasteiger partial charge in [-0.2, -0.15) is 0 Å². The van der Waals surface area contributed by atoms with E-state index in [-0.39, 0.29) is 18.9 Å². The third-order valence-corrected chi connectivity index (χ3v) is 4.26. The molecule has 27 heavy (non-hydrogen) atoms. The van der Waals surface area contributed by atoms with Crippen LogP contribution in [-0.4, -0.2) is 18.4 Å². The van der Waals surface area contributed by atoms with Gasteiger partial charge in [-0.15, -0.1) is 0 Å². The Hall–Kier alpha value is -3.28. The predicted octanol–water partition coefficient (Wildman–Crippen LogP) is 3.13. The van der Waals surface area contributed by atoms with E-state index in [4.69, 9.17) is 9.15 Å². The van der Waals surface area contributed by atoms with Crippen molar-refractivity contribution in [3.63, 3.8) is 0 Å². The van der Waals surface area contributed by atoms with E-state index in [9.17, 15) is 9.59 Å². The van der Waals surface area contributed by atoms with Gasteiger partial charge in [-0.3, -0.25) is 20.4 Å². The van der Waals surface area contributed by atoms with Crippen LogP contribution in [0.25, 0.3) is 11.0 Å². The van der Waals surface area contributed by atoms with E-state index in [1.54, 1.807) is 6.26 Å². The van der Waals surface area contributed by atoms with Crippen LogP contribution in [0.3, 0.4) is 0 Å². The maximum atomic E-state index is 12.1. The van der Waals surface area contributed by atoms with Gasteiger partial charge in [0.05, 0.1) is 12.7 Å². The maximum Gasteiger partial charge on any atom is 0.276 e. The van der Waals surface area contributed by atoms with Crippen LogP contribution in [0.15, 0.2) is 47.1 Å². The molecule has 1 aromatic heterocycles. The van der Waals surface area contributed by atoms with Gasteiger partial charge in [-0.1, -0.05) is 30.3 Å². The van der Waals surface area contributed by atoms with Gasteiger partial charge in [-0.25, -0.2) is 0 Å². The fourth-order valence-corrected chi connectivity index (χ4v) is 2.88. The summed E-state index contributed by atoms with van der Waals surface area (Å²) in [5.74, 6) is -0.0866. The first-order chi connectivity index (χ1) is 12.9. The van der Waals surface area contributed by atoms with E-state index in [1.165, 1.54) is 0 Å². The minimum absolute atomic E-state index is 0.105. The molecule has 2 aromatic carbocycles. The van der Waals surface area contributed by atoms with Gasteiger partial charge in [-0.05, 0) is 43.5 Å². The molecule has 3 aromatic rings. The minimum Gasteiger partial charge on any atom is -0.483 e. The van der Waals surface area contributed by atoms with Gasteiger partial charge >= 0.3 is 0 Å². The summed E-state index contributed by atoms with van der Waals surface area (Å²) in [5, 5.41) is 0.889. The molecule has 1 heterocycles. The largest absolute Gasteiger partial charge is 0.483 e. The molecule has 3 rings (SSSR count). The van der Waals surface area contributed by atoms with Gasteiger partial charge in [0.2, 0.25) is 5.91 Å². The highest BCUT2D eigenvalue weighted by Gasteiger charge is 2.12. The maximum absolute atomic E-state index is 12.1. The topological polar surface area (TPSA) is 80.6 Å². The fraction of sp³-hybridized carbons (Fsp3) is 0.238. The zero-order valence-corrected chi connectivity index (χ0v) is 15.6. The molecule has 0 spiro atoms. The molecule has 0 bridgehead atoms. The first kappa shape index (κ1) is 18.5. The summed E-state index contributed by atoms with van der Waals surface area (Å²) in [6.45, 7) is 5.63. The van der Waals surface area contributed by atoms with Crippen LogP contribution in [-0.2, 0) is 16.0 Å². The second kappa shape index (κ2) is 7.95. The molecule has 0 unspecified atom stereocenters. The summed E-state index contributed by atoms with van der Waals surface area (Å²) in [6.07, 6.45) is 1.67. The van der Waals surface area contributed by atoms with Crippen molar-refractivity contribution < 1.29 is 18.7 Å². The average molecular weight is 366 g/mol. The summed E-state index contributed by atoms with van der Waals surface area (Å²) >= 11 is 0. The van der Waals surface area contributed by atoms with Crippen LogP contribution in [0.2, 0.25) is 0 Å². The molecule has 6 heteroatoms. The number of carbonyl (C=O) groups excluding carboxylic acids is 2. The van der Waals surface area contributed by atoms with E-state index >= 15 is 0 Å².